The van der Waals surface area contributed by atoms with Gasteiger partial charge in [-0.15, -0.1) is 12.4 Å². The normalized spacial score (nSPS) is 22.6. The highest BCUT2D eigenvalue weighted by atomic mass is 35.5. The molecule has 0 aliphatic heterocycles. The van der Waals surface area contributed by atoms with Crippen LogP contribution >= 0.6 is 12.4 Å². The van der Waals surface area contributed by atoms with Gasteiger partial charge < -0.3 is 5.73 Å². The standard InChI is InChI=1S/C19H25FN2.ClH/c1-2-16(21)11-13-3-5-14(6-4-13)17-9-10-22-19-8-7-15(20)12-18(17)19;/h7-10,12-14,16H,2-6,11,21H2,1H3;1H/t13?,14?,16-;/m1./s1. The van der Waals surface area contributed by atoms with E-state index in [0.717, 1.165) is 29.7 Å². The van der Waals surface area contributed by atoms with Gasteiger partial charge >= 0.3 is 0 Å². The van der Waals surface area contributed by atoms with Gasteiger partial charge in [0.2, 0.25) is 0 Å². The van der Waals surface area contributed by atoms with Gasteiger partial charge in [0.05, 0.1) is 5.52 Å². The topological polar surface area (TPSA) is 38.9 Å². The second-order valence-corrected chi connectivity index (χ2v) is 6.68. The van der Waals surface area contributed by atoms with Crippen LogP contribution in [0.1, 0.15) is 56.9 Å². The van der Waals surface area contributed by atoms with Crippen LogP contribution in [-0.4, -0.2) is 11.0 Å². The number of halogens is 2. The van der Waals surface area contributed by atoms with Gasteiger partial charge in [-0.3, -0.25) is 4.98 Å². The number of rotatable bonds is 4. The van der Waals surface area contributed by atoms with Crippen LogP contribution in [0.15, 0.2) is 30.5 Å². The van der Waals surface area contributed by atoms with E-state index >= 15 is 0 Å². The van der Waals surface area contributed by atoms with Gasteiger partial charge in [0.1, 0.15) is 5.82 Å². The lowest BCUT2D eigenvalue weighted by molar-refractivity contribution is 0.292. The molecule has 23 heavy (non-hydrogen) atoms. The average Bonchev–Trinajstić information content (AvgIpc) is 2.55. The number of fused-ring (bicyclic) bond motifs is 1. The zero-order valence-electron chi connectivity index (χ0n) is 13.7. The molecular formula is C19H26ClFN2. The fraction of sp³-hybridized carbons (Fsp3) is 0.526. The first-order valence-corrected chi connectivity index (χ1v) is 8.47. The molecule has 0 radical (unpaired) electrons. The SMILES string of the molecule is CC[C@@H](N)CC1CCC(c2ccnc3ccc(F)cc23)CC1.Cl. The molecule has 0 bridgehead atoms. The van der Waals surface area contributed by atoms with Crippen LogP contribution in [0.4, 0.5) is 4.39 Å². The van der Waals surface area contributed by atoms with Gasteiger partial charge in [-0.1, -0.05) is 6.92 Å². The summed E-state index contributed by atoms with van der Waals surface area (Å²) in [7, 11) is 0. The van der Waals surface area contributed by atoms with Crippen molar-refractivity contribution >= 4 is 23.3 Å². The summed E-state index contributed by atoms with van der Waals surface area (Å²) in [4.78, 5) is 4.36. The van der Waals surface area contributed by atoms with Crippen LogP contribution in [0.2, 0.25) is 0 Å². The van der Waals surface area contributed by atoms with E-state index in [0.29, 0.717) is 12.0 Å². The third kappa shape index (κ3) is 4.21. The molecule has 1 heterocycles. The van der Waals surface area contributed by atoms with Crippen molar-refractivity contribution in [3.05, 3.63) is 41.8 Å². The first kappa shape index (κ1) is 18.2. The van der Waals surface area contributed by atoms with Gasteiger partial charge in [-0.05, 0) is 80.2 Å². The quantitative estimate of drug-likeness (QED) is 0.833. The Morgan fingerprint density at radius 3 is 2.65 bits per heavy atom. The van der Waals surface area contributed by atoms with E-state index in [9.17, 15) is 4.39 Å². The summed E-state index contributed by atoms with van der Waals surface area (Å²) in [5, 5.41) is 0.983. The average molecular weight is 337 g/mol. The number of nitrogens with zero attached hydrogens (tertiary/aromatic N) is 1. The van der Waals surface area contributed by atoms with Crippen molar-refractivity contribution in [3.8, 4) is 0 Å². The lowest BCUT2D eigenvalue weighted by Crippen LogP contribution is -2.25. The lowest BCUT2D eigenvalue weighted by Gasteiger charge is -2.30. The summed E-state index contributed by atoms with van der Waals surface area (Å²) in [5.41, 5.74) is 8.25. The Morgan fingerprint density at radius 2 is 1.96 bits per heavy atom. The van der Waals surface area contributed by atoms with E-state index in [-0.39, 0.29) is 18.2 Å². The molecule has 3 rings (SSSR count). The molecular weight excluding hydrogens is 311 g/mol. The van der Waals surface area contributed by atoms with Crippen molar-refractivity contribution in [1.29, 1.82) is 0 Å². The molecule has 2 nitrogen and oxygen atoms in total. The van der Waals surface area contributed by atoms with Crippen molar-refractivity contribution in [1.82, 2.24) is 4.98 Å². The number of nitrogens with two attached hydrogens (primary N) is 1. The predicted molar refractivity (Wildman–Crippen MR) is 96.5 cm³/mol. The minimum absolute atomic E-state index is 0. The Hall–Kier alpha value is -1.19. The van der Waals surface area contributed by atoms with Gasteiger partial charge in [-0.2, -0.15) is 0 Å². The molecule has 1 aromatic heterocycles. The molecule has 4 heteroatoms. The fourth-order valence-electron chi connectivity index (χ4n) is 3.80. The van der Waals surface area contributed by atoms with Crippen molar-refractivity contribution < 1.29 is 4.39 Å². The largest absolute Gasteiger partial charge is 0.328 e. The summed E-state index contributed by atoms with van der Waals surface area (Å²) >= 11 is 0. The minimum atomic E-state index is -0.177. The first-order valence-electron chi connectivity index (χ1n) is 8.47. The monoisotopic (exact) mass is 336 g/mol. The van der Waals surface area contributed by atoms with Crippen molar-refractivity contribution in [2.45, 2.75) is 57.4 Å². The Bertz CT molecular complexity index is 638. The predicted octanol–water partition coefficient (Wildman–Crippen LogP) is 5.20. The molecule has 0 amide bonds. The third-order valence-electron chi connectivity index (χ3n) is 5.18. The maximum absolute atomic E-state index is 13.6. The third-order valence-corrected chi connectivity index (χ3v) is 5.18. The van der Waals surface area contributed by atoms with Gasteiger partial charge in [0, 0.05) is 17.6 Å². The Labute approximate surface area is 144 Å². The van der Waals surface area contributed by atoms with E-state index in [1.807, 2.05) is 6.20 Å². The first-order chi connectivity index (χ1) is 10.7. The zero-order valence-corrected chi connectivity index (χ0v) is 14.5. The summed E-state index contributed by atoms with van der Waals surface area (Å²) in [6.07, 6.45) is 8.89. The van der Waals surface area contributed by atoms with Crippen LogP contribution < -0.4 is 5.73 Å². The van der Waals surface area contributed by atoms with E-state index in [1.165, 1.54) is 37.3 Å². The van der Waals surface area contributed by atoms with Gasteiger partial charge in [-0.25, -0.2) is 4.39 Å². The summed E-state index contributed by atoms with van der Waals surface area (Å²) in [6.45, 7) is 2.16. The van der Waals surface area contributed by atoms with Crippen LogP contribution in [0, 0.1) is 11.7 Å². The van der Waals surface area contributed by atoms with Crippen molar-refractivity contribution in [3.63, 3.8) is 0 Å². The molecule has 126 valence electrons. The van der Waals surface area contributed by atoms with E-state index in [2.05, 4.69) is 18.0 Å². The number of hydrogen-bond donors (Lipinski definition) is 1. The Kier molecular flexibility index (Phi) is 6.37. The molecule has 1 fully saturated rings. The Morgan fingerprint density at radius 1 is 1.22 bits per heavy atom. The van der Waals surface area contributed by atoms with Crippen molar-refractivity contribution in [2.75, 3.05) is 0 Å². The van der Waals surface area contributed by atoms with Crippen LogP contribution in [0.3, 0.4) is 0 Å². The van der Waals surface area contributed by atoms with Crippen LogP contribution in [-0.2, 0) is 0 Å². The van der Waals surface area contributed by atoms with E-state index < -0.39 is 0 Å². The molecule has 2 aromatic rings. The Balaban J connectivity index is 0.00000192. The van der Waals surface area contributed by atoms with E-state index in [1.54, 1.807) is 12.1 Å². The lowest BCUT2D eigenvalue weighted by atomic mass is 9.76. The second-order valence-electron chi connectivity index (χ2n) is 6.68. The highest BCUT2D eigenvalue weighted by Gasteiger charge is 2.24. The van der Waals surface area contributed by atoms with Crippen LogP contribution in [0.25, 0.3) is 10.9 Å². The van der Waals surface area contributed by atoms with Crippen molar-refractivity contribution in [2.24, 2.45) is 11.7 Å². The number of hydrogen-bond acceptors (Lipinski definition) is 2. The van der Waals surface area contributed by atoms with Gasteiger partial charge in [0.25, 0.3) is 0 Å². The van der Waals surface area contributed by atoms with Crippen LogP contribution in [0.5, 0.6) is 0 Å². The molecule has 1 saturated carbocycles. The molecule has 0 unspecified atom stereocenters. The summed E-state index contributed by atoms with van der Waals surface area (Å²) < 4.78 is 13.6. The maximum atomic E-state index is 13.6. The fourth-order valence-corrected chi connectivity index (χ4v) is 3.80. The summed E-state index contributed by atoms with van der Waals surface area (Å²) in [5.74, 6) is 1.11. The van der Waals surface area contributed by atoms with E-state index in [4.69, 9.17) is 5.73 Å². The van der Waals surface area contributed by atoms with Gasteiger partial charge in [0.15, 0.2) is 0 Å². The molecule has 0 saturated heterocycles. The molecule has 2 N–H and O–H groups in total. The maximum Gasteiger partial charge on any atom is 0.123 e. The highest BCUT2D eigenvalue weighted by molar-refractivity contribution is 5.85. The highest BCUT2D eigenvalue weighted by Crippen LogP contribution is 2.39. The molecule has 1 atom stereocenters. The minimum Gasteiger partial charge on any atom is -0.328 e. The molecule has 1 aliphatic rings. The summed E-state index contributed by atoms with van der Waals surface area (Å²) in [6, 6.07) is 7.32. The number of aromatic nitrogens is 1. The smallest absolute Gasteiger partial charge is 0.123 e. The molecule has 1 aliphatic carbocycles. The number of benzene rings is 1. The molecule has 1 aromatic carbocycles. The zero-order chi connectivity index (χ0) is 15.5. The molecule has 0 spiro atoms. The number of pyridine rings is 1. The second kappa shape index (κ2) is 8.07.